The molecule has 1 fully saturated rings. The normalized spacial score (nSPS) is 16.1. The van der Waals surface area contributed by atoms with Crippen LogP contribution in [0.2, 0.25) is 5.02 Å². The minimum Gasteiger partial charge on any atom is -0.300 e. The Morgan fingerprint density at radius 1 is 0.920 bits per heavy atom. The first-order valence-corrected chi connectivity index (χ1v) is 9.34. The Morgan fingerprint density at radius 3 is 2.20 bits per heavy atom. The first kappa shape index (κ1) is 18.4. The fraction of sp³-hybridized carbons (Fsp3) is 0.350. The molecule has 0 atom stereocenters. The summed E-state index contributed by atoms with van der Waals surface area (Å²) in [6.45, 7) is 6.22. The van der Waals surface area contributed by atoms with Crippen molar-refractivity contribution in [3.8, 4) is 0 Å². The van der Waals surface area contributed by atoms with Crippen LogP contribution in [0.25, 0.3) is 0 Å². The van der Waals surface area contributed by atoms with Gasteiger partial charge < -0.3 is 4.90 Å². The molecule has 2 aromatic rings. The lowest BCUT2D eigenvalue weighted by atomic mass is 10.1. The minimum absolute atomic E-state index is 0.402. The third-order valence-electron chi connectivity index (χ3n) is 4.71. The zero-order chi connectivity index (χ0) is 17.6. The average molecular weight is 377 g/mol. The van der Waals surface area contributed by atoms with E-state index in [1.165, 1.54) is 11.1 Å². The zero-order valence-corrected chi connectivity index (χ0v) is 15.6. The molecule has 25 heavy (non-hydrogen) atoms. The fourth-order valence-electron chi connectivity index (χ4n) is 3.13. The molecule has 0 radical (unpaired) electrons. The number of hydrogen-bond donors (Lipinski definition) is 0. The number of carbonyl (C=O) groups is 1. The van der Waals surface area contributed by atoms with Crippen molar-refractivity contribution < 1.29 is 4.79 Å². The van der Waals surface area contributed by atoms with Crippen molar-refractivity contribution in [2.75, 3.05) is 32.7 Å². The molecule has 3 nitrogen and oxygen atoms in total. The molecule has 0 unspecified atom stereocenters. The minimum atomic E-state index is -0.402. The van der Waals surface area contributed by atoms with E-state index in [4.69, 9.17) is 23.2 Å². The Balaban J connectivity index is 1.43. The molecule has 3 rings (SSSR count). The molecule has 0 amide bonds. The van der Waals surface area contributed by atoms with E-state index in [0.717, 1.165) is 50.7 Å². The van der Waals surface area contributed by atoms with Crippen LogP contribution in [0.4, 0.5) is 0 Å². The van der Waals surface area contributed by atoms with E-state index in [2.05, 4.69) is 15.9 Å². The smallest absolute Gasteiger partial charge is 0.252 e. The van der Waals surface area contributed by atoms with Gasteiger partial charge in [0.25, 0.3) is 5.24 Å². The number of hydrogen-bond acceptors (Lipinski definition) is 3. The molecule has 1 heterocycles. The summed E-state index contributed by atoms with van der Waals surface area (Å²) in [5.74, 6) is 0. The van der Waals surface area contributed by atoms with E-state index in [1.807, 2.05) is 30.3 Å². The summed E-state index contributed by atoms with van der Waals surface area (Å²) < 4.78 is 0. The summed E-state index contributed by atoms with van der Waals surface area (Å²) in [6.07, 6.45) is 0.987. The Morgan fingerprint density at radius 2 is 1.56 bits per heavy atom. The summed E-state index contributed by atoms with van der Waals surface area (Å²) in [5.41, 5.74) is 2.99. The maximum atomic E-state index is 11.1. The number of rotatable bonds is 6. The first-order chi connectivity index (χ1) is 12.1. The quantitative estimate of drug-likeness (QED) is 0.709. The zero-order valence-electron chi connectivity index (χ0n) is 14.1. The van der Waals surface area contributed by atoms with Crippen LogP contribution < -0.4 is 0 Å². The predicted molar refractivity (Wildman–Crippen MR) is 103 cm³/mol. The van der Waals surface area contributed by atoms with Crippen LogP contribution in [-0.2, 0) is 13.0 Å². The third-order valence-corrected chi connectivity index (χ3v) is 5.30. The largest absolute Gasteiger partial charge is 0.300 e. The molecule has 0 aliphatic carbocycles. The summed E-state index contributed by atoms with van der Waals surface area (Å²) in [6, 6.07) is 15.6. The van der Waals surface area contributed by atoms with Crippen molar-refractivity contribution in [3.63, 3.8) is 0 Å². The van der Waals surface area contributed by atoms with E-state index in [9.17, 15) is 4.79 Å². The van der Waals surface area contributed by atoms with Crippen molar-refractivity contribution in [2.24, 2.45) is 0 Å². The highest BCUT2D eigenvalue weighted by atomic mass is 35.5. The molecule has 0 bridgehead atoms. The highest BCUT2D eigenvalue weighted by molar-refractivity contribution is 6.67. The SMILES string of the molecule is O=C(Cl)c1ccc(CCN2CCN(Cc3ccccc3Cl)CC2)cc1. The van der Waals surface area contributed by atoms with E-state index in [-0.39, 0.29) is 0 Å². The van der Waals surface area contributed by atoms with Gasteiger partial charge in [0, 0.05) is 49.9 Å². The van der Waals surface area contributed by atoms with Gasteiger partial charge in [0.1, 0.15) is 0 Å². The van der Waals surface area contributed by atoms with Crippen LogP contribution in [-0.4, -0.2) is 47.8 Å². The standard InChI is InChI=1S/C20H22Cl2N2O/c21-19-4-2-1-3-18(19)15-24-13-11-23(12-14-24)10-9-16-5-7-17(8-6-16)20(22)25/h1-8H,9-15H2. The van der Waals surface area contributed by atoms with Gasteiger partial charge in [-0.3, -0.25) is 9.69 Å². The van der Waals surface area contributed by atoms with Crippen LogP contribution in [0.5, 0.6) is 0 Å². The Labute approximate surface area is 159 Å². The molecule has 0 N–H and O–H groups in total. The fourth-order valence-corrected chi connectivity index (χ4v) is 3.45. The van der Waals surface area contributed by atoms with E-state index in [0.29, 0.717) is 5.56 Å². The van der Waals surface area contributed by atoms with Gasteiger partial charge in [-0.15, -0.1) is 0 Å². The Bertz CT molecular complexity index is 710. The molecule has 1 aliphatic heterocycles. The molecule has 5 heteroatoms. The molecule has 132 valence electrons. The number of carbonyl (C=O) groups excluding carboxylic acids is 1. The topological polar surface area (TPSA) is 23.6 Å². The number of halogens is 2. The van der Waals surface area contributed by atoms with Crippen LogP contribution in [0, 0.1) is 0 Å². The molecule has 0 aromatic heterocycles. The van der Waals surface area contributed by atoms with Crippen molar-refractivity contribution >= 4 is 28.4 Å². The van der Waals surface area contributed by atoms with Crippen molar-refractivity contribution in [1.29, 1.82) is 0 Å². The monoisotopic (exact) mass is 376 g/mol. The van der Waals surface area contributed by atoms with Crippen LogP contribution >= 0.6 is 23.2 Å². The van der Waals surface area contributed by atoms with E-state index < -0.39 is 5.24 Å². The second kappa shape index (κ2) is 8.81. The molecule has 2 aromatic carbocycles. The predicted octanol–water partition coefficient (Wildman–Crippen LogP) is 4.08. The summed E-state index contributed by atoms with van der Waals surface area (Å²) >= 11 is 11.7. The summed E-state index contributed by atoms with van der Waals surface area (Å²) in [5, 5.41) is 0.449. The second-order valence-electron chi connectivity index (χ2n) is 6.43. The lowest BCUT2D eigenvalue weighted by molar-refractivity contribution is 0.108. The van der Waals surface area contributed by atoms with Crippen molar-refractivity contribution in [3.05, 3.63) is 70.2 Å². The lowest BCUT2D eigenvalue weighted by Gasteiger charge is -2.34. The highest BCUT2D eigenvalue weighted by Gasteiger charge is 2.17. The van der Waals surface area contributed by atoms with Gasteiger partial charge in [0.05, 0.1) is 0 Å². The Kier molecular flexibility index (Phi) is 6.49. The Hall–Kier alpha value is -1.39. The first-order valence-electron chi connectivity index (χ1n) is 8.59. The lowest BCUT2D eigenvalue weighted by Crippen LogP contribution is -2.46. The van der Waals surface area contributed by atoms with Gasteiger partial charge in [-0.05, 0) is 47.3 Å². The molecule has 1 aliphatic rings. The van der Waals surface area contributed by atoms with Crippen molar-refractivity contribution in [2.45, 2.75) is 13.0 Å². The highest BCUT2D eigenvalue weighted by Crippen LogP contribution is 2.18. The van der Waals surface area contributed by atoms with Crippen LogP contribution in [0.3, 0.4) is 0 Å². The molecule has 0 spiro atoms. The third kappa shape index (κ3) is 5.29. The van der Waals surface area contributed by atoms with Gasteiger partial charge in [0.15, 0.2) is 0 Å². The van der Waals surface area contributed by atoms with Gasteiger partial charge in [-0.25, -0.2) is 0 Å². The number of piperazine rings is 1. The summed E-state index contributed by atoms with van der Waals surface area (Å²) in [7, 11) is 0. The van der Waals surface area contributed by atoms with E-state index in [1.54, 1.807) is 12.1 Å². The summed E-state index contributed by atoms with van der Waals surface area (Å²) in [4.78, 5) is 16.0. The van der Waals surface area contributed by atoms with E-state index >= 15 is 0 Å². The molecule has 1 saturated heterocycles. The van der Waals surface area contributed by atoms with Gasteiger partial charge in [-0.1, -0.05) is 41.9 Å². The van der Waals surface area contributed by atoms with Gasteiger partial charge >= 0.3 is 0 Å². The molecular formula is C20H22Cl2N2O. The van der Waals surface area contributed by atoms with Gasteiger partial charge in [0.2, 0.25) is 0 Å². The number of benzene rings is 2. The van der Waals surface area contributed by atoms with Crippen LogP contribution in [0.1, 0.15) is 21.5 Å². The van der Waals surface area contributed by atoms with Gasteiger partial charge in [-0.2, -0.15) is 0 Å². The second-order valence-corrected chi connectivity index (χ2v) is 7.18. The molecule has 0 saturated carbocycles. The number of nitrogens with zero attached hydrogens (tertiary/aromatic N) is 2. The van der Waals surface area contributed by atoms with Crippen molar-refractivity contribution in [1.82, 2.24) is 9.80 Å². The maximum Gasteiger partial charge on any atom is 0.252 e. The maximum absolute atomic E-state index is 11.1. The van der Waals surface area contributed by atoms with Crippen LogP contribution in [0.15, 0.2) is 48.5 Å². The average Bonchev–Trinajstić information content (AvgIpc) is 2.63. The molecular weight excluding hydrogens is 355 g/mol.